The van der Waals surface area contributed by atoms with Crippen molar-refractivity contribution in [2.45, 2.75) is 33.1 Å². The van der Waals surface area contributed by atoms with Crippen molar-refractivity contribution in [3.8, 4) is 0 Å². The minimum atomic E-state index is -3.30. The number of nitrogens with zero attached hydrogens (tertiary/aromatic N) is 1. The van der Waals surface area contributed by atoms with Crippen LogP contribution in [0, 0.1) is 0 Å². The average molecular weight is 333 g/mol. The smallest absolute Gasteiger partial charge is 0.233 e. The molecule has 2 aromatic rings. The zero-order valence-electron chi connectivity index (χ0n) is 13.7. The average Bonchev–Trinajstić information content (AvgIpc) is 2.49. The SMILES string of the molecule is CCCS(=O)(=O)Nc1ccc(Nc2ccc(C(C)C)cc2)cn1. The molecule has 0 radical (unpaired) electrons. The van der Waals surface area contributed by atoms with Crippen LogP contribution in [-0.4, -0.2) is 19.2 Å². The number of aromatic nitrogens is 1. The van der Waals surface area contributed by atoms with Gasteiger partial charge in [0.25, 0.3) is 0 Å². The molecule has 0 aliphatic carbocycles. The fourth-order valence-electron chi connectivity index (χ4n) is 2.13. The number of benzene rings is 1. The van der Waals surface area contributed by atoms with Crippen molar-refractivity contribution in [1.29, 1.82) is 0 Å². The van der Waals surface area contributed by atoms with Crippen molar-refractivity contribution in [3.63, 3.8) is 0 Å². The summed E-state index contributed by atoms with van der Waals surface area (Å²) >= 11 is 0. The van der Waals surface area contributed by atoms with Crippen LogP contribution in [0.2, 0.25) is 0 Å². The van der Waals surface area contributed by atoms with Gasteiger partial charge in [-0.15, -0.1) is 0 Å². The van der Waals surface area contributed by atoms with E-state index in [2.05, 4.69) is 41.0 Å². The number of hydrogen-bond acceptors (Lipinski definition) is 4. The summed E-state index contributed by atoms with van der Waals surface area (Å²) in [6, 6.07) is 11.7. The van der Waals surface area contributed by atoms with Crippen molar-refractivity contribution in [2.75, 3.05) is 15.8 Å². The Bertz CT molecular complexity index is 723. The highest BCUT2D eigenvalue weighted by atomic mass is 32.2. The van der Waals surface area contributed by atoms with Crippen LogP contribution in [-0.2, 0) is 10.0 Å². The Morgan fingerprint density at radius 2 is 1.70 bits per heavy atom. The first-order chi connectivity index (χ1) is 10.9. The molecule has 1 aromatic heterocycles. The summed E-state index contributed by atoms with van der Waals surface area (Å²) in [5.74, 6) is 0.928. The van der Waals surface area contributed by atoms with Gasteiger partial charge in [-0.2, -0.15) is 0 Å². The van der Waals surface area contributed by atoms with Crippen LogP contribution >= 0.6 is 0 Å². The Morgan fingerprint density at radius 3 is 2.22 bits per heavy atom. The first-order valence-corrected chi connectivity index (χ1v) is 9.38. The lowest BCUT2D eigenvalue weighted by Crippen LogP contribution is -2.16. The van der Waals surface area contributed by atoms with Gasteiger partial charge in [-0.05, 0) is 42.2 Å². The molecule has 0 spiro atoms. The molecular weight excluding hydrogens is 310 g/mol. The number of sulfonamides is 1. The minimum Gasteiger partial charge on any atom is -0.354 e. The van der Waals surface area contributed by atoms with Crippen LogP contribution in [0.4, 0.5) is 17.2 Å². The predicted octanol–water partition coefficient (Wildman–Crippen LogP) is 4.10. The number of anilines is 3. The molecule has 5 nitrogen and oxygen atoms in total. The molecule has 0 saturated carbocycles. The maximum atomic E-state index is 11.7. The van der Waals surface area contributed by atoms with Crippen LogP contribution in [0.15, 0.2) is 42.6 Å². The van der Waals surface area contributed by atoms with Gasteiger partial charge in [0, 0.05) is 5.69 Å². The van der Waals surface area contributed by atoms with E-state index in [-0.39, 0.29) is 5.75 Å². The second-order valence-corrected chi connectivity index (χ2v) is 7.60. The second kappa shape index (κ2) is 7.46. The van der Waals surface area contributed by atoms with Gasteiger partial charge in [0.2, 0.25) is 10.0 Å². The Kier molecular flexibility index (Phi) is 5.60. The van der Waals surface area contributed by atoms with E-state index in [1.807, 2.05) is 19.1 Å². The molecule has 0 fully saturated rings. The zero-order valence-corrected chi connectivity index (χ0v) is 14.5. The summed E-state index contributed by atoms with van der Waals surface area (Å²) in [4.78, 5) is 4.14. The molecule has 1 heterocycles. The zero-order chi connectivity index (χ0) is 16.9. The molecular formula is C17H23N3O2S. The first-order valence-electron chi connectivity index (χ1n) is 7.73. The number of nitrogens with one attached hydrogen (secondary N) is 2. The van der Waals surface area contributed by atoms with Crippen molar-refractivity contribution in [3.05, 3.63) is 48.2 Å². The quantitative estimate of drug-likeness (QED) is 0.800. The van der Waals surface area contributed by atoms with E-state index in [0.29, 0.717) is 18.2 Å². The monoisotopic (exact) mass is 333 g/mol. The summed E-state index contributed by atoms with van der Waals surface area (Å²) in [6.07, 6.45) is 2.18. The van der Waals surface area contributed by atoms with Crippen LogP contribution < -0.4 is 10.0 Å². The van der Waals surface area contributed by atoms with E-state index in [0.717, 1.165) is 11.4 Å². The van der Waals surface area contributed by atoms with Crippen molar-refractivity contribution < 1.29 is 8.42 Å². The van der Waals surface area contributed by atoms with E-state index < -0.39 is 10.0 Å². The molecule has 124 valence electrons. The van der Waals surface area contributed by atoms with Gasteiger partial charge in [-0.3, -0.25) is 4.72 Å². The first kappa shape index (κ1) is 17.3. The molecule has 0 unspecified atom stereocenters. The minimum absolute atomic E-state index is 0.0941. The van der Waals surface area contributed by atoms with Gasteiger partial charge in [0.05, 0.1) is 17.6 Å². The lowest BCUT2D eigenvalue weighted by molar-refractivity contribution is 0.599. The Hall–Kier alpha value is -2.08. The fraction of sp³-hybridized carbons (Fsp3) is 0.353. The van der Waals surface area contributed by atoms with Crippen molar-refractivity contribution in [2.24, 2.45) is 0 Å². The largest absolute Gasteiger partial charge is 0.354 e. The van der Waals surface area contributed by atoms with Crippen LogP contribution in [0.1, 0.15) is 38.7 Å². The van der Waals surface area contributed by atoms with Gasteiger partial charge < -0.3 is 5.32 Å². The summed E-state index contributed by atoms with van der Waals surface area (Å²) in [6.45, 7) is 6.14. The number of hydrogen-bond donors (Lipinski definition) is 2. The normalized spacial score (nSPS) is 11.5. The third-order valence-corrected chi connectivity index (χ3v) is 4.83. The van der Waals surface area contributed by atoms with Crippen LogP contribution in [0.25, 0.3) is 0 Å². The van der Waals surface area contributed by atoms with Crippen LogP contribution in [0.3, 0.4) is 0 Å². The standard InChI is InChI=1S/C17H23N3O2S/c1-4-11-23(21,22)20-17-10-9-16(12-18-17)19-15-7-5-14(6-8-15)13(2)3/h5-10,12-13,19H,4,11H2,1-3H3,(H,18,20). The lowest BCUT2D eigenvalue weighted by Gasteiger charge is -2.10. The van der Waals surface area contributed by atoms with Crippen molar-refractivity contribution in [1.82, 2.24) is 4.98 Å². The van der Waals surface area contributed by atoms with E-state index in [4.69, 9.17) is 0 Å². The molecule has 6 heteroatoms. The highest BCUT2D eigenvalue weighted by molar-refractivity contribution is 7.92. The molecule has 0 aliphatic heterocycles. The Labute approximate surface area is 138 Å². The summed E-state index contributed by atoms with van der Waals surface area (Å²) < 4.78 is 25.9. The molecule has 1 aromatic carbocycles. The fourth-order valence-corrected chi connectivity index (χ4v) is 3.20. The molecule has 0 atom stereocenters. The maximum absolute atomic E-state index is 11.7. The molecule has 0 aliphatic rings. The number of pyridine rings is 1. The highest BCUT2D eigenvalue weighted by Crippen LogP contribution is 2.21. The number of rotatable bonds is 7. The van der Waals surface area contributed by atoms with E-state index >= 15 is 0 Å². The maximum Gasteiger partial charge on any atom is 0.233 e. The molecule has 0 saturated heterocycles. The summed E-state index contributed by atoms with van der Waals surface area (Å²) in [5, 5.41) is 3.25. The topological polar surface area (TPSA) is 71.1 Å². The van der Waals surface area contributed by atoms with Gasteiger partial charge in [0.1, 0.15) is 5.82 Å². The van der Waals surface area contributed by atoms with Crippen LogP contribution in [0.5, 0.6) is 0 Å². The molecule has 2 N–H and O–H groups in total. The predicted molar refractivity (Wildman–Crippen MR) is 95.8 cm³/mol. The lowest BCUT2D eigenvalue weighted by atomic mass is 10.0. The molecule has 23 heavy (non-hydrogen) atoms. The van der Waals surface area contributed by atoms with Gasteiger partial charge >= 0.3 is 0 Å². The Morgan fingerprint density at radius 1 is 1.04 bits per heavy atom. The van der Waals surface area contributed by atoms with Crippen molar-refractivity contribution >= 4 is 27.2 Å². The second-order valence-electron chi connectivity index (χ2n) is 5.75. The Balaban J connectivity index is 2.02. The van der Waals surface area contributed by atoms with E-state index in [1.54, 1.807) is 18.3 Å². The van der Waals surface area contributed by atoms with E-state index in [9.17, 15) is 8.42 Å². The third-order valence-electron chi connectivity index (χ3n) is 3.36. The third kappa shape index (κ3) is 5.25. The van der Waals surface area contributed by atoms with E-state index in [1.165, 1.54) is 5.56 Å². The van der Waals surface area contributed by atoms with Gasteiger partial charge in [-0.25, -0.2) is 13.4 Å². The molecule has 2 rings (SSSR count). The van der Waals surface area contributed by atoms with Gasteiger partial charge in [0.15, 0.2) is 0 Å². The molecule has 0 bridgehead atoms. The summed E-state index contributed by atoms with van der Waals surface area (Å²) in [7, 11) is -3.30. The molecule has 0 amide bonds. The summed E-state index contributed by atoms with van der Waals surface area (Å²) in [5.41, 5.74) is 3.06. The highest BCUT2D eigenvalue weighted by Gasteiger charge is 2.09. The van der Waals surface area contributed by atoms with Gasteiger partial charge in [-0.1, -0.05) is 32.9 Å².